The van der Waals surface area contributed by atoms with Crippen LogP contribution < -0.4 is 14.4 Å². The summed E-state index contributed by atoms with van der Waals surface area (Å²) >= 11 is 7.60. The highest BCUT2D eigenvalue weighted by Gasteiger charge is 2.47. The highest BCUT2D eigenvalue weighted by Crippen LogP contribution is 2.45. The number of nitrogens with zero attached hydrogens (tertiary/aromatic N) is 1. The SMILES string of the molecule is CCc1ccc(N2C(=O)C(=O)/C(=C(/O)c3cc(OC)c(Cl)cc3OC)C2c2cccs2)cc1. The van der Waals surface area contributed by atoms with Crippen LogP contribution in [0, 0.1) is 0 Å². The predicted molar refractivity (Wildman–Crippen MR) is 129 cm³/mol. The van der Waals surface area contributed by atoms with Gasteiger partial charge in [0.1, 0.15) is 23.3 Å². The number of ketones is 1. The third kappa shape index (κ3) is 3.98. The Morgan fingerprint density at radius 3 is 2.36 bits per heavy atom. The number of carbonyl (C=O) groups excluding carboxylic acids is 2. The lowest BCUT2D eigenvalue weighted by molar-refractivity contribution is -0.132. The van der Waals surface area contributed by atoms with Gasteiger partial charge in [0.2, 0.25) is 0 Å². The van der Waals surface area contributed by atoms with Crippen LogP contribution >= 0.6 is 22.9 Å². The van der Waals surface area contributed by atoms with E-state index in [0.29, 0.717) is 11.4 Å². The van der Waals surface area contributed by atoms with Crippen molar-refractivity contribution in [3.63, 3.8) is 0 Å². The van der Waals surface area contributed by atoms with Crippen LogP contribution in [0.3, 0.4) is 0 Å². The standard InChI is InChI=1S/C25H22ClNO5S/c1-4-14-7-9-15(10-8-14)27-22(20-6-5-11-33-20)21(24(29)25(27)30)23(28)16-12-19(32-3)17(26)13-18(16)31-2/h5-13,22,28H,4H2,1-3H3/b23-21+. The maximum absolute atomic E-state index is 13.3. The molecular weight excluding hydrogens is 462 g/mol. The molecule has 4 rings (SSSR count). The number of aliphatic hydroxyl groups is 1. The van der Waals surface area contributed by atoms with Gasteiger partial charge in [-0.1, -0.05) is 36.7 Å². The van der Waals surface area contributed by atoms with E-state index in [2.05, 4.69) is 0 Å². The molecule has 1 atom stereocenters. The van der Waals surface area contributed by atoms with Crippen molar-refractivity contribution in [2.24, 2.45) is 0 Å². The minimum atomic E-state index is -0.788. The molecule has 1 aliphatic heterocycles. The van der Waals surface area contributed by atoms with Crippen LogP contribution in [-0.4, -0.2) is 31.0 Å². The molecule has 1 amide bonds. The molecule has 0 bridgehead atoms. The van der Waals surface area contributed by atoms with E-state index in [4.69, 9.17) is 21.1 Å². The van der Waals surface area contributed by atoms with E-state index < -0.39 is 17.7 Å². The molecule has 0 radical (unpaired) electrons. The summed E-state index contributed by atoms with van der Waals surface area (Å²) < 4.78 is 10.7. The maximum Gasteiger partial charge on any atom is 0.300 e. The normalized spacial score (nSPS) is 17.5. The molecule has 8 heteroatoms. The number of hydrogen-bond acceptors (Lipinski definition) is 6. The van der Waals surface area contributed by atoms with Crippen LogP contribution in [-0.2, 0) is 16.0 Å². The molecule has 1 N–H and O–H groups in total. The van der Waals surface area contributed by atoms with Crippen LogP contribution in [0.5, 0.6) is 11.5 Å². The molecule has 1 aliphatic rings. The molecule has 2 aromatic carbocycles. The first-order valence-corrected chi connectivity index (χ1v) is 11.5. The van der Waals surface area contributed by atoms with Crippen LogP contribution in [0.1, 0.15) is 29.0 Å². The monoisotopic (exact) mass is 483 g/mol. The second kappa shape index (κ2) is 9.29. The van der Waals surface area contributed by atoms with Crippen molar-refractivity contribution < 1.29 is 24.2 Å². The number of methoxy groups -OCH3 is 2. The van der Waals surface area contributed by atoms with Gasteiger partial charge >= 0.3 is 0 Å². The van der Waals surface area contributed by atoms with Crippen LogP contribution in [0.25, 0.3) is 5.76 Å². The second-order valence-electron chi connectivity index (χ2n) is 7.39. The fourth-order valence-electron chi connectivity index (χ4n) is 3.90. The summed E-state index contributed by atoms with van der Waals surface area (Å²) in [5.41, 5.74) is 1.87. The van der Waals surface area contributed by atoms with Gasteiger partial charge in [-0.3, -0.25) is 14.5 Å². The van der Waals surface area contributed by atoms with Crippen molar-refractivity contribution in [1.82, 2.24) is 0 Å². The van der Waals surface area contributed by atoms with Crippen molar-refractivity contribution >= 4 is 46.1 Å². The Balaban J connectivity index is 1.94. The van der Waals surface area contributed by atoms with Gasteiger partial charge in [0.05, 0.1) is 30.4 Å². The molecule has 33 heavy (non-hydrogen) atoms. The lowest BCUT2D eigenvalue weighted by Crippen LogP contribution is -2.29. The van der Waals surface area contributed by atoms with Gasteiger partial charge in [-0.15, -0.1) is 11.3 Å². The van der Waals surface area contributed by atoms with Gasteiger partial charge < -0.3 is 14.6 Å². The molecule has 6 nitrogen and oxygen atoms in total. The molecule has 0 aliphatic carbocycles. The highest BCUT2D eigenvalue weighted by molar-refractivity contribution is 7.10. The topological polar surface area (TPSA) is 76.1 Å². The molecular formula is C25H22ClNO5S. The Bertz CT molecular complexity index is 1230. The van der Waals surface area contributed by atoms with Gasteiger partial charge in [-0.25, -0.2) is 0 Å². The molecule has 1 unspecified atom stereocenters. The summed E-state index contributed by atoms with van der Waals surface area (Å²) in [6, 6.07) is 13.4. The third-order valence-electron chi connectivity index (χ3n) is 5.61. The number of aliphatic hydroxyl groups excluding tert-OH is 1. The number of halogens is 1. The van der Waals surface area contributed by atoms with Crippen LogP contribution in [0.15, 0.2) is 59.5 Å². The lowest BCUT2D eigenvalue weighted by Gasteiger charge is -2.24. The summed E-state index contributed by atoms with van der Waals surface area (Å²) in [6.45, 7) is 2.04. The first kappa shape index (κ1) is 22.9. The molecule has 2 heterocycles. The maximum atomic E-state index is 13.3. The Hall–Kier alpha value is -3.29. The molecule has 3 aromatic rings. The highest BCUT2D eigenvalue weighted by atomic mass is 35.5. The van der Waals surface area contributed by atoms with Crippen LogP contribution in [0.4, 0.5) is 5.69 Å². The van der Waals surface area contributed by atoms with Gasteiger partial charge in [-0.2, -0.15) is 0 Å². The summed E-state index contributed by atoms with van der Waals surface area (Å²) in [5, 5.41) is 13.5. The zero-order chi connectivity index (χ0) is 23.7. The van der Waals surface area contributed by atoms with E-state index in [-0.39, 0.29) is 27.7 Å². The van der Waals surface area contributed by atoms with E-state index >= 15 is 0 Å². The number of amides is 1. The largest absolute Gasteiger partial charge is 0.507 e. The number of anilines is 1. The number of thiophene rings is 1. The quantitative estimate of drug-likeness (QED) is 0.280. The minimum Gasteiger partial charge on any atom is -0.507 e. The number of benzene rings is 2. The Morgan fingerprint density at radius 1 is 1.09 bits per heavy atom. The molecule has 1 fully saturated rings. The summed E-state index contributed by atoms with van der Waals surface area (Å²) in [4.78, 5) is 28.6. The summed E-state index contributed by atoms with van der Waals surface area (Å²) in [7, 11) is 2.88. The molecule has 1 aromatic heterocycles. The molecule has 170 valence electrons. The van der Waals surface area contributed by atoms with Crippen molar-refractivity contribution in [3.8, 4) is 11.5 Å². The second-order valence-corrected chi connectivity index (χ2v) is 8.78. The Kier molecular flexibility index (Phi) is 6.44. The van der Waals surface area contributed by atoms with Crippen molar-refractivity contribution in [2.75, 3.05) is 19.1 Å². The number of Topliss-reactive ketones (excluding diaryl/α,β-unsaturated/α-hetero) is 1. The van der Waals surface area contributed by atoms with Crippen molar-refractivity contribution in [2.45, 2.75) is 19.4 Å². The van der Waals surface area contributed by atoms with E-state index in [9.17, 15) is 14.7 Å². The molecule has 1 saturated heterocycles. The van der Waals surface area contributed by atoms with Gasteiger partial charge in [0, 0.05) is 16.6 Å². The average Bonchev–Trinajstić information content (AvgIpc) is 3.45. The first-order chi connectivity index (χ1) is 15.9. The van der Waals surface area contributed by atoms with E-state index in [0.717, 1.165) is 16.9 Å². The summed E-state index contributed by atoms with van der Waals surface area (Å²) in [5.74, 6) is -1.29. The molecule has 0 spiro atoms. The van der Waals surface area contributed by atoms with E-state index in [1.165, 1.54) is 42.6 Å². The molecule has 0 saturated carbocycles. The number of hydrogen-bond donors (Lipinski definition) is 1. The third-order valence-corrected chi connectivity index (χ3v) is 6.83. The van der Waals surface area contributed by atoms with Gasteiger partial charge in [-0.05, 0) is 41.6 Å². The van der Waals surface area contributed by atoms with Gasteiger partial charge in [0.25, 0.3) is 11.7 Å². The average molecular weight is 484 g/mol. The Morgan fingerprint density at radius 2 is 1.79 bits per heavy atom. The first-order valence-electron chi connectivity index (χ1n) is 10.3. The minimum absolute atomic E-state index is 0.0234. The number of rotatable bonds is 6. The predicted octanol–water partition coefficient (Wildman–Crippen LogP) is 5.61. The summed E-state index contributed by atoms with van der Waals surface area (Å²) in [6.07, 6.45) is 0.853. The Labute approximate surface area is 200 Å². The van der Waals surface area contributed by atoms with Crippen LogP contribution in [0.2, 0.25) is 5.02 Å². The van der Waals surface area contributed by atoms with Gasteiger partial charge in [0.15, 0.2) is 0 Å². The zero-order valence-electron chi connectivity index (χ0n) is 18.3. The number of carbonyl (C=O) groups is 2. The number of aryl methyl sites for hydroxylation is 1. The smallest absolute Gasteiger partial charge is 0.300 e. The zero-order valence-corrected chi connectivity index (χ0v) is 19.9. The lowest BCUT2D eigenvalue weighted by atomic mass is 9.99. The fraction of sp³-hybridized carbons (Fsp3) is 0.200. The number of ether oxygens (including phenoxy) is 2. The van der Waals surface area contributed by atoms with E-state index in [1.807, 2.05) is 48.7 Å². The fourth-order valence-corrected chi connectivity index (χ4v) is 4.95. The van der Waals surface area contributed by atoms with E-state index in [1.54, 1.807) is 0 Å². The van der Waals surface area contributed by atoms with Crippen molar-refractivity contribution in [3.05, 3.63) is 80.5 Å². The van der Waals surface area contributed by atoms with Crippen molar-refractivity contribution in [1.29, 1.82) is 0 Å².